The standard InChI is InChI=1S/C17H19ClN2O3/c18-12-7-5-11(6-8-12)9-19-15(21)10-20-16(22)13-3-1-2-4-14(13)17(20)23/h5-8,13-14H,1-4,9-10H2,(H,19,21)/t13-,14+. The molecule has 0 aromatic heterocycles. The number of amides is 3. The van der Waals surface area contributed by atoms with Crippen LogP contribution >= 0.6 is 11.6 Å². The van der Waals surface area contributed by atoms with Gasteiger partial charge in [-0.15, -0.1) is 0 Å². The second-order valence-corrected chi connectivity index (χ2v) is 6.60. The number of rotatable bonds is 4. The van der Waals surface area contributed by atoms with Crippen LogP contribution in [0.1, 0.15) is 31.2 Å². The van der Waals surface area contributed by atoms with Crippen molar-refractivity contribution in [2.45, 2.75) is 32.2 Å². The van der Waals surface area contributed by atoms with Crippen LogP contribution in [-0.4, -0.2) is 29.2 Å². The largest absolute Gasteiger partial charge is 0.350 e. The summed E-state index contributed by atoms with van der Waals surface area (Å²) in [5.41, 5.74) is 0.912. The van der Waals surface area contributed by atoms with Gasteiger partial charge in [0.05, 0.1) is 11.8 Å². The van der Waals surface area contributed by atoms with E-state index in [2.05, 4.69) is 5.32 Å². The fourth-order valence-corrected chi connectivity index (χ4v) is 3.52. The molecule has 6 heteroatoms. The smallest absolute Gasteiger partial charge is 0.240 e. The highest BCUT2D eigenvalue weighted by molar-refractivity contribution is 6.30. The van der Waals surface area contributed by atoms with Crippen molar-refractivity contribution in [2.24, 2.45) is 11.8 Å². The molecule has 1 aromatic rings. The highest BCUT2D eigenvalue weighted by Crippen LogP contribution is 2.37. The van der Waals surface area contributed by atoms with Gasteiger partial charge < -0.3 is 5.32 Å². The summed E-state index contributed by atoms with van der Waals surface area (Å²) in [5, 5.41) is 3.37. The van der Waals surface area contributed by atoms with Crippen molar-refractivity contribution in [1.29, 1.82) is 0 Å². The SMILES string of the molecule is O=C(CN1C(=O)[C@H]2CCCC[C@H]2C1=O)NCc1ccc(Cl)cc1. The number of carbonyl (C=O) groups excluding carboxylic acids is 3. The van der Waals surface area contributed by atoms with Crippen molar-refractivity contribution in [3.63, 3.8) is 0 Å². The van der Waals surface area contributed by atoms with Gasteiger partial charge in [0, 0.05) is 11.6 Å². The van der Waals surface area contributed by atoms with Crippen LogP contribution in [0.4, 0.5) is 0 Å². The number of carbonyl (C=O) groups is 3. The molecule has 3 amide bonds. The normalized spacial score (nSPS) is 23.8. The van der Waals surface area contributed by atoms with Crippen molar-refractivity contribution >= 4 is 29.3 Å². The predicted octanol–water partition coefficient (Wildman–Crippen LogP) is 2.13. The fraction of sp³-hybridized carbons (Fsp3) is 0.471. The topological polar surface area (TPSA) is 66.5 Å². The van der Waals surface area contributed by atoms with Gasteiger partial charge in [-0.2, -0.15) is 0 Å². The summed E-state index contributed by atoms with van der Waals surface area (Å²) in [6.07, 6.45) is 3.49. The lowest BCUT2D eigenvalue weighted by Crippen LogP contribution is -2.40. The summed E-state index contributed by atoms with van der Waals surface area (Å²) in [6.45, 7) is 0.164. The first kappa shape index (κ1) is 16.0. The summed E-state index contributed by atoms with van der Waals surface area (Å²) in [6, 6.07) is 7.15. The van der Waals surface area contributed by atoms with Crippen LogP contribution < -0.4 is 5.32 Å². The minimum absolute atomic E-state index is 0.179. The summed E-state index contributed by atoms with van der Waals surface area (Å²) in [4.78, 5) is 37.8. The molecule has 1 aliphatic heterocycles. The number of halogens is 1. The number of hydrogen-bond donors (Lipinski definition) is 1. The van der Waals surface area contributed by atoms with Gasteiger partial charge in [-0.25, -0.2) is 0 Å². The minimum Gasteiger partial charge on any atom is -0.350 e. The number of imide groups is 1. The average Bonchev–Trinajstić information content (AvgIpc) is 2.80. The lowest BCUT2D eigenvalue weighted by atomic mass is 9.81. The van der Waals surface area contributed by atoms with E-state index in [0.717, 1.165) is 36.1 Å². The number of fused-ring (bicyclic) bond motifs is 1. The molecule has 5 nitrogen and oxygen atoms in total. The molecular formula is C17H19ClN2O3. The zero-order valence-corrected chi connectivity index (χ0v) is 13.5. The second-order valence-electron chi connectivity index (χ2n) is 6.16. The van der Waals surface area contributed by atoms with Gasteiger partial charge in [0.2, 0.25) is 17.7 Å². The van der Waals surface area contributed by atoms with Gasteiger partial charge in [-0.3, -0.25) is 19.3 Å². The third kappa shape index (κ3) is 3.39. The molecule has 1 N–H and O–H groups in total. The summed E-state index contributed by atoms with van der Waals surface area (Å²) in [7, 11) is 0. The Kier molecular flexibility index (Phi) is 4.66. The van der Waals surface area contributed by atoms with Crippen molar-refractivity contribution in [3.05, 3.63) is 34.9 Å². The van der Waals surface area contributed by atoms with E-state index < -0.39 is 0 Å². The fourth-order valence-electron chi connectivity index (χ4n) is 3.39. The Morgan fingerprint density at radius 1 is 1.09 bits per heavy atom. The molecule has 3 rings (SSSR count). The molecule has 2 fully saturated rings. The number of hydrogen-bond acceptors (Lipinski definition) is 3. The number of likely N-dealkylation sites (tertiary alicyclic amines) is 1. The van der Waals surface area contributed by atoms with Crippen LogP contribution in [-0.2, 0) is 20.9 Å². The molecule has 0 spiro atoms. The summed E-state index contributed by atoms with van der Waals surface area (Å²) >= 11 is 5.81. The predicted molar refractivity (Wildman–Crippen MR) is 85.5 cm³/mol. The maximum Gasteiger partial charge on any atom is 0.240 e. The van der Waals surface area contributed by atoms with Crippen LogP contribution in [0.25, 0.3) is 0 Å². The van der Waals surface area contributed by atoms with Crippen LogP contribution in [0.2, 0.25) is 5.02 Å². The molecule has 0 bridgehead atoms. The number of benzene rings is 1. The maximum atomic E-state index is 12.3. The maximum absolute atomic E-state index is 12.3. The summed E-state index contributed by atoms with van der Waals surface area (Å²) < 4.78 is 0. The average molecular weight is 335 g/mol. The Labute approximate surface area is 140 Å². The van der Waals surface area contributed by atoms with Crippen LogP contribution in [0.15, 0.2) is 24.3 Å². The number of nitrogens with one attached hydrogen (secondary N) is 1. The third-order valence-electron chi connectivity index (χ3n) is 4.64. The Hall–Kier alpha value is -1.88. The van der Waals surface area contributed by atoms with Crippen molar-refractivity contribution in [2.75, 3.05) is 6.54 Å². The molecule has 1 aliphatic carbocycles. The van der Waals surface area contributed by atoms with Gasteiger partial charge in [-0.05, 0) is 30.5 Å². The molecule has 2 aliphatic rings. The van der Waals surface area contributed by atoms with Crippen molar-refractivity contribution < 1.29 is 14.4 Å². The van der Waals surface area contributed by atoms with E-state index in [1.165, 1.54) is 0 Å². The molecule has 1 saturated heterocycles. The second kappa shape index (κ2) is 6.71. The van der Waals surface area contributed by atoms with Gasteiger partial charge >= 0.3 is 0 Å². The molecular weight excluding hydrogens is 316 g/mol. The highest BCUT2D eigenvalue weighted by atomic mass is 35.5. The first-order valence-electron chi connectivity index (χ1n) is 7.92. The van der Waals surface area contributed by atoms with Crippen LogP contribution in [0, 0.1) is 11.8 Å². The molecule has 1 heterocycles. The molecule has 0 radical (unpaired) electrons. The first-order chi connectivity index (χ1) is 11.1. The quantitative estimate of drug-likeness (QED) is 0.858. The minimum atomic E-state index is -0.319. The zero-order valence-electron chi connectivity index (χ0n) is 12.8. The van der Waals surface area contributed by atoms with Gasteiger partial charge in [-0.1, -0.05) is 36.6 Å². The van der Waals surface area contributed by atoms with Crippen LogP contribution in [0.3, 0.4) is 0 Å². The molecule has 122 valence electrons. The van der Waals surface area contributed by atoms with E-state index in [4.69, 9.17) is 11.6 Å². The van der Waals surface area contributed by atoms with Gasteiger partial charge in [0.25, 0.3) is 0 Å². The van der Waals surface area contributed by atoms with Crippen molar-refractivity contribution in [3.8, 4) is 0 Å². The Morgan fingerprint density at radius 2 is 1.65 bits per heavy atom. The lowest BCUT2D eigenvalue weighted by Gasteiger charge is -2.19. The lowest BCUT2D eigenvalue weighted by molar-refractivity contribution is -0.143. The first-order valence-corrected chi connectivity index (χ1v) is 8.30. The van der Waals surface area contributed by atoms with E-state index in [-0.39, 0.29) is 36.1 Å². The van der Waals surface area contributed by atoms with E-state index in [0.29, 0.717) is 11.6 Å². The Morgan fingerprint density at radius 3 is 2.22 bits per heavy atom. The highest BCUT2D eigenvalue weighted by Gasteiger charge is 2.48. The zero-order chi connectivity index (χ0) is 16.4. The van der Waals surface area contributed by atoms with E-state index in [1.54, 1.807) is 12.1 Å². The molecule has 1 aromatic carbocycles. The van der Waals surface area contributed by atoms with E-state index in [9.17, 15) is 14.4 Å². The van der Waals surface area contributed by atoms with E-state index >= 15 is 0 Å². The summed E-state index contributed by atoms with van der Waals surface area (Å²) in [5.74, 6) is -1.09. The number of nitrogens with zero attached hydrogens (tertiary/aromatic N) is 1. The third-order valence-corrected chi connectivity index (χ3v) is 4.89. The molecule has 0 unspecified atom stereocenters. The Balaban J connectivity index is 1.56. The Bertz CT molecular complexity index is 605. The molecule has 23 heavy (non-hydrogen) atoms. The van der Waals surface area contributed by atoms with Crippen LogP contribution in [0.5, 0.6) is 0 Å². The molecule has 1 saturated carbocycles. The van der Waals surface area contributed by atoms with Gasteiger partial charge in [0.15, 0.2) is 0 Å². The van der Waals surface area contributed by atoms with E-state index in [1.807, 2.05) is 12.1 Å². The molecule has 2 atom stereocenters. The monoisotopic (exact) mass is 334 g/mol. The van der Waals surface area contributed by atoms with Crippen molar-refractivity contribution in [1.82, 2.24) is 10.2 Å². The van der Waals surface area contributed by atoms with Gasteiger partial charge in [0.1, 0.15) is 6.54 Å².